The Balaban J connectivity index is 0.00000205. The first-order valence-corrected chi connectivity index (χ1v) is 17.7. The zero-order valence-electron chi connectivity index (χ0n) is 29.3. The fourth-order valence-corrected chi connectivity index (χ4v) is 7.07. The van der Waals surface area contributed by atoms with E-state index >= 15 is 0 Å². The minimum atomic E-state index is 0.768. The van der Waals surface area contributed by atoms with Crippen LogP contribution in [-0.2, 0) is 0 Å². The van der Waals surface area contributed by atoms with Gasteiger partial charge < -0.3 is 4.90 Å². The molecule has 1 fully saturated rings. The molecule has 0 bridgehead atoms. The Kier molecular flexibility index (Phi) is 10.4. The summed E-state index contributed by atoms with van der Waals surface area (Å²) >= 11 is 0. The summed E-state index contributed by atoms with van der Waals surface area (Å²) in [6.07, 6.45) is 23.9. The van der Waals surface area contributed by atoms with Gasteiger partial charge in [-0.3, -0.25) is 0 Å². The molecule has 0 unspecified atom stereocenters. The molecule has 0 atom stereocenters. The van der Waals surface area contributed by atoms with Crippen LogP contribution in [0.25, 0.3) is 39.0 Å². The average molecular weight is 638 g/mol. The van der Waals surface area contributed by atoms with E-state index in [1.165, 1.54) is 63.8 Å². The lowest BCUT2D eigenvalue weighted by atomic mass is 9.84. The van der Waals surface area contributed by atoms with Gasteiger partial charge >= 0.3 is 0 Å². The molecule has 1 aliphatic heterocycles. The summed E-state index contributed by atoms with van der Waals surface area (Å²) in [5.41, 5.74) is 17.2. The van der Waals surface area contributed by atoms with Gasteiger partial charge in [-0.05, 0) is 125 Å². The maximum absolute atomic E-state index is 4.54. The zero-order valence-corrected chi connectivity index (χ0v) is 29.3. The standard InChI is InChI=1S/C46H41N.C2H6/c1-5-13-34(6-2)35-21-23-36(24-22-35)38-15-11-16-39(30-38)40-17-12-18-41(31-40)47-29-10-9-14-32(3)46-33(4)42(27-28-45(46)47)44-20-8-7-19-43(44)37-25-26-37;1-2/h5-6,8-18,20-24,27-31,37H,1-3,7,19,25-26H2,4H3;1-2H3/b14-9-,29-10-,34-13+;. The summed E-state index contributed by atoms with van der Waals surface area (Å²) < 4.78 is 0. The molecule has 1 heteroatoms. The van der Waals surface area contributed by atoms with Crippen LogP contribution < -0.4 is 4.90 Å². The lowest BCUT2D eigenvalue weighted by molar-refractivity contribution is 0.855. The lowest BCUT2D eigenvalue weighted by Crippen LogP contribution is -2.13. The van der Waals surface area contributed by atoms with Gasteiger partial charge in [0.05, 0.1) is 5.69 Å². The minimum absolute atomic E-state index is 0.768. The number of hydrogen-bond donors (Lipinski definition) is 0. The Labute approximate surface area is 294 Å². The highest BCUT2D eigenvalue weighted by atomic mass is 15.1. The molecule has 4 aromatic rings. The zero-order chi connectivity index (χ0) is 34.3. The van der Waals surface area contributed by atoms with Gasteiger partial charge in [-0.25, -0.2) is 0 Å². The van der Waals surface area contributed by atoms with Crippen LogP contribution in [0.5, 0.6) is 0 Å². The van der Waals surface area contributed by atoms with Crippen molar-refractivity contribution in [3.8, 4) is 22.3 Å². The summed E-state index contributed by atoms with van der Waals surface area (Å²) in [5.74, 6) is 0.768. The normalized spacial score (nSPS) is 16.9. The highest BCUT2D eigenvalue weighted by Gasteiger charge is 2.30. The molecule has 0 radical (unpaired) electrons. The molecule has 0 saturated heterocycles. The first kappa shape index (κ1) is 33.5. The first-order valence-electron chi connectivity index (χ1n) is 17.7. The Bertz CT molecular complexity index is 2040. The van der Waals surface area contributed by atoms with Gasteiger partial charge in [0.15, 0.2) is 0 Å². The number of benzene rings is 4. The molecule has 4 aromatic carbocycles. The molecular formula is C48H47N. The molecule has 0 amide bonds. The monoisotopic (exact) mass is 637 g/mol. The smallest absolute Gasteiger partial charge is 0.0536 e. The lowest BCUT2D eigenvalue weighted by Gasteiger charge is -2.28. The average Bonchev–Trinajstić information content (AvgIpc) is 4.00. The van der Waals surface area contributed by atoms with Crippen LogP contribution >= 0.6 is 0 Å². The van der Waals surface area contributed by atoms with Crippen LogP contribution in [0.2, 0.25) is 0 Å². The van der Waals surface area contributed by atoms with E-state index in [0.29, 0.717) is 0 Å². The van der Waals surface area contributed by atoms with Crippen LogP contribution in [0.3, 0.4) is 0 Å². The summed E-state index contributed by atoms with van der Waals surface area (Å²) in [7, 11) is 0. The molecular weight excluding hydrogens is 591 g/mol. The second-order valence-electron chi connectivity index (χ2n) is 12.7. The molecule has 1 nitrogen and oxygen atoms in total. The Morgan fingerprint density at radius 3 is 2.22 bits per heavy atom. The fraction of sp³-hybridized carbons (Fsp3) is 0.167. The fourth-order valence-electron chi connectivity index (χ4n) is 7.07. The third-order valence-electron chi connectivity index (χ3n) is 9.63. The van der Waals surface area contributed by atoms with Crippen molar-refractivity contribution in [1.29, 1.82) is 0 Å². The van der Waals surface area contributed by atoms with E-state index in [0.717, 1.165) is 40.4 Å². The molecule has 1 heterocycles. The van der Waals surface area contributed by atoms with Crippen molar-refractivity contribution in [3.05, 3.63) is 187 Å². The molecule has 2 aliphatic carbocycles. The van der Waals surface area contributed by atoms with E-state index in [-0.39, 0.29) is 0 Å². The number of rotatable bonds is 8. The number of fused-ring (bicyclic) bond motifs is 1. The molecule has 0 N–H and O–H groups in total. The molecule has 0 aromatic heterocycles. The predicted octanol–water partition coefficient (Wildman–Crippen LogP) is 13.9. The highest BCUT2D eigenvalue weighted by molar-refractivity contribution is 5.92. The van der Waals surface area contributed by atoms with Crippen molar-refractivity contribution in [2.75, 3.05) is 4.90 Å². The number of nitrogens with zero attached hydrogens (tertiary/aromatic N) is 1. The molecule has 1 saturated carbocycles. The molecule has 0 spiro atoms. The predicted molar refractivity (Wildman–Crippen MR) is 216 cm³/mol. The maximum Gasteiger partial charge on any atom is 0.0536 e. The van der Waals surface area contributed by atoms with E-state index in [4.69, 9.17) is 0 Å². The van der Waals surface area contributed by atoms with Gasteiger partial charge in [-0.15, -0.1) is 0 Å². The first-order chi connectivity index (χ1) is 24.1. The van der Waals surface area contributed by atoms with Crippen molar-refractivity contribution in [2.45, 2.75) is 46.5 Å². The van der Waals surface area contributed by atoms with Crippen LogP contribution in [0, 0.1) is 12.8 Å². The van der Waals surface area contributed by atoms with E-state index < -0.39 is 0 Å². The quantitative estimate of drug-likeness (QED) is 0.174. The maximum atomic E-state index is 4.54. The van der Waals surface area contributed by atoms with Gasteiger partial charge in [0.2, 0.25) is 0 Å². The van der Waals surface area contributed by atoms with Gasteiger partial charge in [0.1, 0.15) is 0 Å². The summed E-state index contributed by atoms with van der Waals surface area (Å²) in [6.45, 7) is 18.6. The molecule has 7 rings (SSSR count). The number of anilines is 2. The second-order valence-corrected chi connectivity index (χ2v) is 12.7. The number of hydrogen-bond acceptors (Lipinski definition) is 1. The van der Waals surface area contributed by atoms with Crippen molar-refractivity contribution in [2.24, 2.45) is 5.92 Å². The van der Waals surface area contributed by atoms with Gasteiger partial charge in [-0.2, -0.15) is 0 Å². The molecule has 244 valence electrons. The van der Waals surface area contributed by atoms with Crippen molar-refractivity contribution in [3.63, 3.8) is 0 Å². The summed E-state index contributed by atoms with van der Waals surface area (Å²) in [4.78, 5) is 2.31. The van der Waals surface area contributed by atoms with Crippen molar-refractivity contribution in [1.82, 2.24) is 0 Å². The van der Waals surface area contributed by atoms with E-state index in [9.17, 15) is 0 Å². The van der Waals surface area contributed by atoms with Crippen LogP contribution in [0.4, 0.5) is 11.4 Å². The van der Waals surface area contributed by atoms with Gasteiger partial charge in [0.25, 0.3) is 0 Å². The van der Waals surface area contributed by atoms with Crippen molar-refractivity contribution < 1.29 is 0 Å². The van der Waals surface area contributed by atoms with Gasteiger partial charge in [-0.1, -0.05) is 142 Å². The Morgan fingerprint density at radius 1 is 0.796 bits per heavy atom. The van der Waals surface area contributed by atoms with Gasteiger partial charge in [0, 0.05) is 17.5 Å². The highest BCUT2D eigenvalue weighted by Crippen LogP contribution is 2.47. The third-order valence-corrected chi connectivity index (χ3v) is 9.63. The van der Waals surface area contributed by atoms with E-state index in [1.807, 2.05) is 26.0 Å². The summed E-state index contributed by atoms with van der Waals surface area (Å²) in [5, 5.41) is 0. The van der Waals surface area contributed by atoms with E-state index in [1.54, 1.807) is 11.6 Å². The van der Waals surface area contributed by atoms with Crippen LogP contribution in [0.15, 0.2) is 165 Å². The Hall–Kier alpha value is -5.40. The molecule has 49 heavy (non-hydrogen) atoms. The third kappa shape index (κ3) is 7.08. The Morgan fingerprint density at radius 2 is 1.51 bits per heavy atom. The largest absolute Gasteiger partial charge is 0.317 e. The van der Waals surface area contributed by atoms with Crippen LogP contribution in [0.1, 0.15) is 61.8 Å². The SMILES string of the molecule is C=C/C=C(\C=C)c1ccc(-c2cccc(-c3cccc(N4/C=C\C=C/C(=C)c5c4ccc(C4=C(C6CC6)CCC=C4)c5C)c3)c2)cc1.CC. The van der Waals surface area contributed by atoms with E-state index in [2.05, 4.69) is 153 Å². The second kappa shape index (κ2) is 15.2. The number of allylic oxidation sites excluding steroid dienone is 12. The molecule has 3 aliphatic rings. The van der Waals surface area contributed by atoms with Crippen LogP contribution in [-0.4, -0.2) is 0 Å². The topological polar surface area (TPSA) is 3.24 Å². The minimum Gasteiger partial charge on any atom is -0.317 e. The van der Waals surface area contributed by atoms with Crippen molar-refractivity contribution >= 4 is 28.1 Å². The summed E-state index contributed by atoms with van der Waals surface area (Å²) in [6, 6.07) is 30.9.